The predicted molar refractivity (Wildman–Crippen MR) is 57.3 cm³/mol. The van der Waals surface area contributed by atoms with Crippen LogP contribution >= 0.6 is 11.3 Å². The maximum atomic E-state index is 9.54. The number of thiophene rings is 1. The Labute approximate surface area is 80.6 Å². The fourth-order valence-corrected chi connectivity index (χ4v) is 2.54. The smallest absolute Gasteiger partial charge is 0.136 e. The third-order valence-electron chi connectivity index (χ3n) is 2.20. The summed E-state index contributed by atoms with van der Waals surface area (Å²) in [6.07, 6.45) is 0.969. The van der Waals surface area contributed by atoms with Gasteiger partial charge >= 0.3 is 0 Å². The first kappa shape index (κ1) is 8.38. The molecule has 1 aromatic heterocycles. The van der Waals surface area contributed by atoms with Crippen LogP contribution in [0.4, 0.5) is 5.69 Å². The van der Waals surface area contributed by atoms with Gasteiger partial charge in [-0.1, -0.05) is 13.0 Å². The van der Waals surface area contributed by atoms with Gasteiger partial charge in [-0.15, -0.1) is 11.3 Å². The first-order valence-corrected chi connectivity index (χ1v) is 5.09. The largest absolute Gasteiger partial charge is 0.506 e. The van der Waals surface area contributed by atoms with Crippen LogP contribution in [0.15, 0.2) is 17.5 Å². The predicted octanol–water partition coefficient (Wildman–Crippen LogP) is 2.75. The van der Waals surface area contributed by atoms with Crippen molar-refractivity contribution >= 4 is 27.1 Å². The SMILES string of the molecule is CCc1ccc(N)c2c(O)csc12. The molecule has 0 unspecified atom stereocenters. The lowest BCUT2D eigenvalue weighted by Crippen LogP contribution is -1.87. The molecule has 0 aliphatic rings. The highest BCUT2D eigenvalue weighted by atomic mass is 32.1. The van der Waals surface area contributed by atoms with Crippen molar-refractivity contribution in [1.29, 1.82) is 0 Å². The van der Waals surface area contributed by atoms with Crippen molar-refractivity contribution in [2.75, 3.05) is 5.73 Å². The standard InChI is InChI=1S/C10H11NOS/c1-2-6-3-4-7(11)9-8(12)5-13-10(6)9/h3-5,12H,2,11H2,1H3. The van der Waals surface area contributed by atoms with Crippen LogP contribution in [0, 0.1) is 0 Å². The quantitative estimate of drug-likeness (QED) is 0.684. The van der Waals surface area contributed by atoms with Gasteiger partial charge in [-0.25, -0.2) is 0 Å². The molecule has 1 aromatic carbocycles. The first-order valence-electron chi connectivity index (χ1n) is 4.21. The summed E-state index contributed by atoms with van der Waals surface area (Å²) >= 11 is 1.55. The average Bonchev–Trinajstić information content (AvgIpc) is 2.50. The van der Waals surface area contributed by atoms with E-state index < -0.39 is 0 Å². The molecule has 2 nitrogen and oxygen atoms in total. The molecule has 1 heterocycles. The highest BCUT2D eigenvalue weighted by Crippen LogP contribution is 2.37. The van der Waals surface area contributed by atoms with Crippen molar-refractivity contribution in [3.05, 3.63) is 23.1 Å². The number of nitrogen functional groups attached to an aromatic ring is 1. The lowest BCUT2D eigenvalue weighted by Gasteiger charge is -2.01. The molecule has 3 heteroatoms. The Balaban J connectivity index is 2.87. The molecular weight excluding hydrogens is 182 g/mol. The average molecular weight is 193 g/mol. The number of rotatable bonds is 1. The lowest BCUT2D eigenvalue weighted by atomic mass is 10.1. The van der Waals surface area contributed by atoms with Crippen LogP contribution in [0.25, 0.3) is 10.1 Å². The van der Waals surface area contributed by atoms with Crippen LogP contribution in [0.5, 0.6) is 5.75 Å². The number of benzene rings is 1. The molecule has 0 radical (unpaired) electrons. The fourth-order valence-electron chi connectivity index (χ4n) is 1.49. The second kappa shape index (κ2) is 2.92. The molecule has 0 bridgehead atoms. The Morgan fingerprint density at radius 2 is 2.23 bits per heavy atom. The van der Waals surface area contributed by atoms with Crippen LogP contribution in [0.2, 0.25) is 0 Å². The van der Waals surface area contributed by atoms with E-state index in [-0.39, 0.29) is 0 Å². The summed E-state index contributed by atoms with van der Waals surface area (Å²) in [6.45, 7) is 2.10. The molecule has 0 aliphatic heterocycles. The van der Waals surface area contributed by atoms with E-state index in [4.69, 9.17) is 5.73 Å². The van der Waals surface area contributed by atoms with Gasteiger partial charge in [0.25, 0.3) is 0 Å². The molecular formula is C10H11NOS. The van der Waals surface area contributed by atoms with E-state index in [1.165, 1.54) is 5.56 Å². The number of fused-ring (bicyclic) bond motifs is 1. The molecule has 0 aliphatic carbocycles. The summed E-state index contributed by atoms with van der Waals surface area (Å²) in [5, 5.41) is 12.1. The highest BCUT2D eigenvalue weighted by molar-refractivity contribution is 7.17. The normalized spacial score (nSPS) is 10.8. The number of hydrogen-bond acceptors (Lipinski definition) is 3. The van der Waals surface area contributed by atoms with Crippen molar-refractivity contribution in [3.63, 3.8) is 0 Å². The summed E-state index contributed by atoms with van der Waals surface area (Å²) in [7, 11) is 0. The molecule has 0 saturated heterocycles. The van der Waals surface area contributed by atoms with Gasteiger partial charge < -0.3 is 10.8 Å². The number of nitrogens with two attached hydrogens (primary N) is 1. The molecule has 0 saturated carbocycles. The summed E-state index contributed by atoms with van der Waals surface area (Å²) in [4.78, 5) is 0. The van der Waals surface area contributed by atoms with Gasteiger partial charge in [0.05, 0.1) is 5.39 Å². The van der Waals surface area contributed by atoms with Gasteiger partial charge in [0.15, 0.2) is 0 Å². The first-order chi connectivity index (χ1) is 6.24. The van der Waals surface area contributed by atoms with E-state index in [0.717, 1.165) is 16.5 Å². The topological polar surface area (TPSA) is 46.2 Å². The van der Waals surface area contributed by atoms with Gasteiger partial charge in [0, 0.05) is 15.8 Å². The molecule has 0 atom stereocenters. The van der Waals surface area contributed by atoms with Crippen molar-refractivity contribution in [2.45, 2.75) is 13.3 Å². The van der Waals surface area contributed by atoms with Crippen LogP contribution in [0.3, 0.4) is 0 Å². The van der Waals surface area contributed by atoms with E-state index in [9.17, 15) is 5.11 Å². The summed E-state index contributed by atoms with van der Waals surface area (Å²) in [6, 6.07) is 3.88. The van der Waals surface area contributed by atoms with Gasteiger partial charge in [0.2, 0.25) is 0 Å². The second-order valence-corrected chi connectivity index (χ2v) is 3.87. The zero-order valence-corrected chi connectivity index (χ0v) is 8.19. The molecule has 13 heavy (non-hydrogen) atoms. The molecule has 2 aromatic rings. The van der Waals surface area contributed by atoms with E-state index in [1.807, 2.05) is 12.1 Å². The lowest BCUT2D eigenvalue weighted by molar-refractivity contribution is 0.484. The highest BCUT2D eigenvalue weighted by Gasteiger charge is 2.08. The second-order valence-electron chi connectivity index (χ2n) is 2.99. The van der Waals surface area contributed by atoms with Crippen LogP contribution in [-0.2, 0) is 6.42 Å². The van der Waals surface area contributed by atoms with Gasteiger partial charge in [-0.05, 0) is 18.1 Å². The third kappa shape index (κ3) is 1.16. The molecule has 3 N–H and O–H groups in total. The molecule has 68 valence electrons. The number of aromatic hydroxyl groups is 1. The van der Waals surface area contributed by atoms with Gasteiger partial charge in [0.1, 0.15) is 5.75 Å². The van der Waals surface area contributed by atoms with Gasteiger partial charge in [-0.3, -0.25) is 0 Å². The molecule has 2 rings (SSSR count). The van der Waals surface area contributed by atoms with Crippen LogP contribution < -0.4 is 5.73 Å². The molecule has 0 fully saturated rings. The van der Waals surface area contributed by atoms with Crippen molar-refractivity contribution in [3.8, 4) is 5.75 Å². The van der Waals surface area contributed by atoms with E-state index in [2.05, 4.69) is 6.92 Å². The summed E-state index contributed by atoms with van der Waals surface area (Å²) < 4.78 is 1.11. The Bertz CT molecular complexity index is 447. The molecule has 0 spiro atoms. The summed E-state index contributed by atoms with van der Waals surface area (Å²) in [5.74, 6) is 0.299. The number of hydrogen-bond donors (Lipinski definition) is 2. The van der Waals surface area contributed by atoms with Crippen molar-refractivity contribution in [1.82, 2.24) is 0 Å². The van der Waals surface area contributed by atoms with E-state index in [0.29, 0.717) is 11.4 Å². The Morgan fingerprint density at radius 3 is 2.92 bits per heavy atom. The van der Waals surface area contributed by atoms with E-state index >= 15 is 0 Å². The third-order valence-corrected chi connectivity index (χ3v) is 3.24. The minimum absolute atomic E-state index is 0.299. The maximum Gasteiger partial charge on any atom is 0.136 e. The Morgan fingerprint density at radius 1 is 1.46 bits per heavy atom. The number of anilines is 1. The zero-order chi connectivity index (χ0) is 9.42. The Kier molecular flexibility index (Phi) is 1.88. The number of aryl methyl sites for hydroxylation is 1. The summed E-state index contributed by atoms with van der Waals surface area (Å²) in [5.41, 5.74) is 7.67. The van der Waals surface area contributed by atoms with E-state index in [1.54, 1.807) is 16.7 Å². The maximum absolute atomic E-state index is 9.54. The molecule has 0 amide bonds. The monoisotopic (exact) mass is 193 g/mol. The minimum Gasteiger partial charge on any atom is -0.506 e. The minimum atomic E-state index is 0.299. The Hall–Kier alpha value is -1.22. The zero-order valence-electron chi connectivity index (χ0n) is 7.37. The van der Waals surface area contributed by atoms with Crippen molar-refractivity contribution in [2.24, 2.45) is 0 Å². The van der Waals surface area contributed by atoms with Crippen LogP contribution in [0.1, 0.15) is 12.5 Å². The van der Waals surface area contributed by atoms with Gasteiger partial charge in [-0.2, -0.15) is 0 Å². The van der Waals surface area contributed by atoms with Crippen LogP contribution in [-0.4, -0.2) is 5.11 Å². The van der Waals surface area contributed by atoms with Crippen molar-refractivity contribution < 1.29 is 5.11 Å². The fraction of sp³-hybridized carbons (Fsp3) is 0.200.